The van der Waals surface area contributed by atoms with Crippen molar-refractivity contribution < 1.29 is 4.74 Å². The van der Waals surface area contributed by atoms with Gasteiger partial charge in [-0.3, -0.25) is 4.98 Å². The van der Waals surface area contributed by atoms with Crippen LogP contribution in [0.2, 0.25) is 0 Å². The number of halogens is 1. The molecule has 1 aliphatic rings. The zero-order valence-corrected chi connectivity index (χ0v) is 12.3. The maximum atomic E-state index is 5.39. The molecule has 0 aliphatic carbocycles. The molecule has 4 heteroatoms. The van der Waals surface area contributed by atoms with Gasteiger partial charge in [0.25, 0.3) is 0 Å². The Morgan fingerprint density at radius 3 is 3.16 bits per heavy atom. The fraction of sp³-hybridized carbons (Fsp3) is 0.400. The molecular formula is C15H17BrN2O. The highest BCUT2D eigenvalue weighted by atomic mass is 79.9. The quantitative estimate of drug-likeness (QED) is 0.939. The lowest BCUT2D eigenvalue weighted by atomic mass is 10.1. The predicted octanol–water partition coefficient (Wildman–Crippen LogP) is 3.12. The summed E-state index contributed by atoms with van der Waals surface area (Å²) in [6.07, 6.45) is 3.02. The zero-order valence-electron chi connectivity index (χ0n) is 10.7. The summed E-state index contributed by atoms with van der Waals surface area (Å²) in [6.45, 7) is 3.68. The molecule has 0 saturated carbocycles. The molecule has 3 rings (SSSR count). The second kappa shape index (κ2) is 5.99. The molecule has 2 aromatic rings. The van der Waals surface area contributed by atoms with Crippen molar-refractivity contribution in [1.29, 1.82) is 0 Å². The first-order valence-electron chi connectivity index (χ1n) is 6.65. The molecule has 1 unspecified atom stereocenters. The van der Waals surface area contributed by atoms with Crippen molar-refractivity contribution in [3.8, 4) is 0 Å². The maximum Gasteiger partial charge on any atom is 0.0758 e. The first kappa shape index (κ1) is 13.0. The van der Waals surface area contributed by atoms with Gasteiger partial charge < -0.3 is 10.1 Å². The number of nitrogens with zero attached hydrogens (tertiary/aromatic N) is 1. The molecule has 100 valence electrons. The molecule has 1 saturated heterocycles. The first-order chi connectivity index (χ1) is 9.34. The average Bonchev–Trinajstić information content (AvgIpc) is 2.95. The largest absolute Gasteiger partial charge is 0.381 e. The van der Waals surface area contributed by atoms with Gasteiger partial charge in [0, 0.05) is 35.8 Å². The van der Waals surface area contributed by atoms with Crippen LogP contribution in [0.5, 0.6) is 0 Å². The van der Waals surface area contributed by atoms with E-state index in [2.05, 4.69) is 44.4 Å². The van der Waals surface area contributed by atoms with Crippen LogP contribution >= 0.6 is 15.9 Å². The number of aromatic nitrogens is 1. The lowest BCUT2D eigenvalue weighted by Crippen LogP contribution is -2.22. The summed E-state index contributed by atoms with van der Waals surface area (Å²) in [6, 6.07) is 8.30. The summed E-state index contributed by atoms with van der Waals surface area (Å²) in [4.78, 5) is 4.50. The number of hydrogen-bond acceptors (Lipinski definition) is 3. The van der Waals surface area contributed by atoms with Crippen molar-refractivity contribution in [2.75, 3.05) is 19.8 Å². The molecule has 2 heterocycles. The number of pyridine rings is 1. The molecule has 0 bridgehead atoms. The molecule has 0 amide bonds. The Morgan fingerprint density at radius 2 is 2.32 bits per heavy atom. The van der Waals surface area contributed by atoms with E-state index in [9.17, 15) is 0 Å². The van der Waals surface area contributed by atoms with E-state index in [1.54, 1.807) is 0 Å². The Labute approximate surface area is 121 Å². The van der Waals surface area contributed by atoms with Crippen molar-refractivity contribution in [3.63, 3.8) is 0 Å². The topological polar surface area (TPSA) is 34.1 Å². The van der Waals surface area contributed by atoms with Gasteiger partial charge in [0.05, 0.1) is 12.1 Å². The number of ether oxygens (including phenoxy) is 1. The minimum atomic E-state index is 0.662. The smallest absolute Gasteiger partial charge is 0.0758 e. The summed E-state index contributed by atoms with van der Waals surface area (Å²) in [7, 11) is 0. The Kier molecular flexibility index (Phi) is 4.11. The SMILES string of the molecule is Brc1ccc(CNCC2CCOC2)c2ncccc12. The van der Waals surface area contributed by atoms with Crippen LogP contribution in [-0.2, 0) is 11.3 Å². The molecular weight excluding hydrogens is 304 g/mol. The van der Waals surface area contributed by atoms with Crippen molar-refractivity contribution in [2.45, 2.75) is 13.0 Å². The van der Waals surface area contributed by atoms with E-state index in [1.807, 2.05) is 12.3 Å². The van der Waals surface area contributed by atoms with Crippen molar-refractivity contribution in [1.82, 2.24) is 10.3 Å². The predicted molar refractivity (Wildman–Crippen MR) is 80.1 cm³/mol. The van der Waals surface area contributed by atoms with Crippen molar-refractivity contribution in [2.24, 2.45) is 5.92 Å². The second-order valence-electron chi connectivity index (χ2n) is 4.97. The second-order valence-corrected chi connectivity index (χ2v) is 5.82. The van der Waals surface area contributed by atoms with Gasteiger partial charge in [0.2, 0.25) is 0 Å². The highest BCUT2D eigenvalue weighted by Gasteiger charge is 2.15. The summed E-state index contributed by atoms with van der Waals surface area (Å²) < 4.78 is 6.49. The van der Waals surface area contributed by atoms with Gasteiger partial charge in [-0.05, 0) is 30.0 Å². The Morgan fingerprint density at radius 1 is 1.37 bits per heavy atom. The van der Waals surface area contributed by atoms with Crippen molar-refractivity contribution >= 4 is 26.8 Å². The minimum Gasteiger partial charge on any atom is -0.381 e. The van der Waals surface area contributed by atoms with Gasteiger partial charge in [0.15, 0.2) is 0 Å². The molecule has 3 nitrogen and oxygen atoms in total. The molecule has 1 fully saturated rings. The van der Waals surface area contributed by atoms with Gasteiger partial charge in [0.1, 0.15) is 0 Å². The number of hydrogen-bond donors (Lipinski definition) is 1. The maximum absolute atomic E-state index is 5.39. The molecule has 1 aromatic heterocycles. The van der Waals surface area contributed by atoms with Gasteiger partial charge in [-0.2, -0.15) is 0 Å². The van der Waals surface area contributed by atoms with Crippen LogP contribution in [0.3, 0.4) is 0 Å². The normalized spacial score (nSPS) is 19.1. The summed E-state index contributed by atoms with van der Waals surface area (Å²) in [5, 5.41) is 4.69. The minimum absolute atomic E-state index is 0.662. The molecule has 1 aliphatic heterocycles. The third-order valence-electron chi connectivity index (χ3n) is 3.57. The summed E-state index contributed by atoms with van der Waals surface area (Å²) in [5.74, 6) is 0.662. The fourth-order valence-corrected chi connectivity index (χ4v) is 2.95. The molecule has 1 aromatic carbocycles. The molecule has 0 radical (unpaired) electrons. The monoisotopic (exact) mass is 320 g/mol. The number of benzene rings is 1. The number of nitrogens with one attached hydrogen (secondary N) is 1. The third kappa shape index (κ3) is 2.96. The van der Waals surface area contributed by atoms with Crippen LogP contribution in [0.15, 0.2) is 34.9 Å². The molecule has 1 atom stereocenters. The van der Waals surface area contributed by atoms with E-state index in [0.717, 1.165) is 36.3 Å². The summed E-state index contributed by atoms with van der Waals surface area (Å²) in [5.41, 5.74) is 2.32. The van der Waals surface area contributed by atoms with Gasteiger partial charge >= 0.3 is 0 Å². The summed E-state index contributed by atoms with van der Waals surface area (Å²) >= 11 is 3.58. The molecule has 19 heavy (non-hydrogen) atoms. The Bertz CT molecular complexity index is 567. The third-order valence-corrected chi connectivity index (χ3v) is 4.26. The molecule has 0 spiro atoms. The number of rotatable bonds is 4. The van der Waals surface area contributed by atoms with E-state index < -0.39 is 0 Å². The van der Waals surface area contributed by atoms with Crippen LogP contribution in [0.4, 0.5) is 0 Å². The highest BCUT2D eigenvalue weighted by molar-refractivity contribution is 9.10. The van der Waals surface area contributed by atoms with Gasteiger partial charge in [-0.1, -0.05) is 28.1 Å². The lowest BCUT2D eigenvalue weighted by molar-refractivity contribution is 0.185. The van der Waals surface area contributed by atoms with E-state index in [0.29, 0.717) is 5.92 Å². The van der Waals surface area contributed by atoms with Crippen molar-refractivity contribution in [3.05, 3.63) is 40.5 Å². The van der Waals surface area contributed by atoms with Crippen LogP contribution in [0.25, 0.3) is 10.9 Å². The van der Waals surface area contributed by atoms with Gasteiger partial charge in [-0.15, -0.1) is 0 Å². The number of fused-ring (bicyclic) bond motifs is 1. The standard InChI is InChI=1S/C15H17BrN2O/c16-14-4-3-12(15-13(14)2-1-6-18-15)9-17-8-11-5-7-19-10-11/h1-4,6,11,17H,5,7-10H2. The van der Waals surface area contributed by atoms with Crippen LogP contribution < -0.4 is 5.32 Å². The van der Waals surface area contributed by atoms with Crippen LogP contribution in [0.1, 0.15) is 12.0 Å². The molecule has 1 N–H and O–H groups in total. The van der Waals surface area contributed by atoms with Crippen LogP contribution in [0, 0.1) is 5.92 Å². The van der Waals surface area contributed by atoms with Crippen LogP contribution in [-0.4, -0.2) is 24.7 Å². The lowest BCUT2D eigenvalue weighted by Gasteiger charge is -2.11. The van der Waals surface area contributed by atoms with E-state index in [-0.39, 0.29) is 0 Å². The van der Waals surface area contributed by atoms with E-state index >= 15 is 0 Å². The Balaban J connectivity index is 1.72. The van der Waals surface area contributed by atoms with E-state index in [4.69, 9.17) is 4.74 Å². The fourth-order valence-electron chi connectivity index (χ4n) is 2.49. The van der Waals surface area contributed by atoms with Gasteiger partial charge in [-0.25, -0.2) is 0 Å². The highest BCUT2D eigenvalue weighted by Crippen LogP contribution is 2.25. The average molecular weight is 321 g/mol. The van der Waals surface area contributed by atoms with E-state index in [1.165, 1.54) is 17.4 Å². The first-order valence-corrected chi connectivity index (χ1v) is 7.44. The Hall–Kier alpha value is -0.970. The zero-order chi connectivity index (χ0) is 13.1.